The SMILES string of the molecule is Nc1cccc(CCN2CCN(C(=O)O)CC2)c1. The maximum absolute atomic E-state index is 10.8. The summed E-state index contributed by atoms with van der Waals surface area (Å²) in [5.41, 5.74) is 7.76. The first kappa shape index (κ1) is 12.7. The van der Waals surface area contributed by atoms with Crippen molar-refractivity contribution < 1.29 is 9.90 Å². The first-order valence-corrected chi connectivity index (χ1v) is 6.20. The number of nitrogens with two attached hydrogens (primary N) is 1. The number of carbonyl (C=O) groups is 1. The first-order valence-electron chi connectivity index (χ1n) is 6.20. The largest absolute Gasteiger partial charge is 0.465 e. The van der Waals surface area contributed by atoms with E-state index in [1.165, 1.54) is 10.5 Å². The fourth-order valence-electron chi connectivity index (χ4n) is 2.20. The molecule has 1 aromatic rings. The second-order valence-corrected chi connectivity index (χ2v) is 4.61. The average Bonchev–Trinajstić information content (AvgIpc) is 2.37. The number of nitrogens with zero attached hydrogens (tertiary/aromatic N) is 2. The van der Waals surface area contributed by atoms with Crippen molar-refractivity contribution in [3.8, 4) is 0 Å². The van der Waals surface area contributed by atoms with Gasteiger partial charge in [0.1, 0.15) is 0 Å². The Hall–Kier alpha value is -1.75. The van der Waals surface area contributed by atoms with Crippen molar-refractivity contribution in [1.29, 1.82) is 0 Å². The molecule has 0 aliphatic carbocycles. The molecule has 0 bridgehead atoms. The number of hydrogen-bond acceptors (Lipinski definition) is 3. The van der Waals surface area contributed by atoms with Crippen LogP contribution in [0.15, 0.2) is 24.3 Å². The van der Waals surface area contributed by atoms with Gasteiger partial charge in [-0.1, -0.05) is 12.1 Å². The number of anilines is 1. The molecule has 1 aromatic carbocycles. The smallest absolute Gasteiger partial charge is 0.407 e. The van der Waals surface area contributed by atoms with Gasteiger partial charge in [-0.05, 0) is 24.1 Å². The summed E-state index contributed by atoms with van der Waals surface area (Å²) in [5.74, 6) is 0. The Kier molecular flexibility index (Phi) is 4.04. The molecule has 3 N–H and O–H groups in total. The van der Waals surface area contributed by atoms with E-state index in [1.54, 1.807) is 0 Å². The Bertz CT molecular complexity index is 414. The van der Waals surface area contributed by atoms with E-state index in [0.29, 0.717) is 13.1 Å². The van der Waals surface area contributed by atoms with Gasteiger partial charge in [0.15, 0.2) is 0 Å². The third-order valence-electron chi connectivity index (χ3n) is 3.31. The van der Waals surface area contributed by atoms with Gasteiger partial charge in [-0.3, -0.25) is 4.90 Å². The molecule has 1 heterocycles. The molecule has 0 spiro atoms. The standard InChI is InChI=1S/C13H19N3O2/c14-12-3-1-2-11(10-12)4-5-15-6-8-16(9-7-15)13(17)18/h1-3,10H,4-9,14H2,(H,17,18). The molecule has 1 saturated heterocycles. The summed E-state index contributed by atoms with van der Waals surface area (Å²) in [7, 11) is 0. The molecule has 1 aliphatic rings. The van der Waals surface area contributed by atoms with Crippen molar-refractivity contribution in [2.24, 2.45) is 0 Å². The van der Waals surface area contributed by atoms with Crippen LogP contribution in [0.2, 0.25) is 0 Å². The van der Waals surface area contributed by atoms with Crippen molar-refractivity contribution in [3.63, 3.8) is 0 Å². The quantitative estimate of drug-likeness (QED) is 0.787. The molecule has 0 atom stereocenters. The Morgan fingerprint density at radius 1 is 1.28 bits per heavy atom. The van der Waals surface area contributed by atoms with Gasteiger partial charge in [0, 0.05) is 38.4 Å². The van der Waals surface area contributed by atoms with E-state index in [4.69, 9.17) is 10.8 Å². The molecule has 5 heteroatoms. The molecule has 0 unspecified atom stereocenters. The van der Waals surface area contributed by atoms with Gasteiger partial charge >= 0.3 is 6.09 Å². The van der Waals surface area contributed by atoms with E-state index in [0.717, 1.165) is 31.7 Å². The lowest BCUT2D eigenvalue weighted by molar-refractivity contribution is 0.106. The Labute approximate surface area is 107 Å². The third kappa shape index (κ3) is 3.37. The normalized spacial score (nSPS) is 16.8. The Morgan fingerprint density at radius 2 is 2.00 bits per heavy atom. The van der Waals surface area contributed by atoms with Crippen LogP contribution in [0.1, 0.15) is 5.56 Å². The predicted molar refractivity (Wildman–Crippen MR) is 70.6 cm³/mol. The monoisotopic (exact) mass is 249 g/mol. The van der Waals surface area contributed by atoms with E-state index >= 15 is 0 Å². The zero-order valence-electron chi connectivity index (χ0n) is 10.4. The first-order chi connectivity index (χ1) is 8.65. The molecule has 1 aliphatic heterocycles. The molecule has 1 fully saturated rings. The highest BCUT2D eigenvalue weighted by Crippen LogP contribution is 2.09. The highest BCUT2D eigenvalue weighted by molar-refractivity contribution is 5.65. The number of piperazine rings is 1. The van der Waals surface area contributed by atoms with Crippen molar-refractivity contribution in [2.45, 2.75) is 6.42 Å². The van der Waals surface area contributed by atoms with Gasteiger partial charge in [0.25, 0.3) is 0 Å². The number of amides is 1. The van der Waals surface area contributed by atoms with Crippen LogP contribution in [0, 0.1) is 0 Å². The molecule has 0 aromatic heterocycles. The van der Waals surface area contributed by atoms with Gasteiger partial charge in [-0.25, -0.2) is 4.79 Å². The predicted octanol–water partition coefficient (Wildman–Crippen LogP) is 1.11. The van der Waals surface area contributed by atoms with E-state index in [9.17, 15) is 4.79 Å². The number of benzene rings is 1. The fraction of sp³-hybridized carbons (Fsp3) is 0.462. The van der Waals surface area contributed by atoms with Gasteiger partial charge in [0.2, 0.25) is 0 Å². The lowest BCUT2D eigenvalue weighted by atomic mass is 10.1. The summed E-state index contributed by atoms with van der Waals surface area (Å²) in [6.45, 7) is 3.79. The lowest BCUT2D eigenvalue weighted by Gasteiger charge is -2.33. The van der Waals surface area contributed by atoms with Crippen LogP contribution in [0.4, 0.5) is 10.5 Å². The lowest BCUT2D eigenvalue weighted by Crippen LogP contribution is -2.48. The maximum Gasteiger partial charge on any atom is 0.407 e. The van der Waals surface area contributed by atoms with Crippen LogP contribution in [0.5, 0.6) is 0 Å². The topological polar surface area (TPSA) is 69.8 Å². The molecule has 0 radical (unpaired) electrons. The summed E-state index contributed by atoms with van der Waals surface area (Å²) in [4.78, 5) is 14.5. The zero-order valence-corrected chi connectivity index (χ0v) is 10.4. The number of rotatable bonds is 3. The molecular formula is C13H19N3O2. The summed E-state index contributed by atoms with van der Waals surface area (Å²) in [6.07, 6.45) is 0.142. The van der Waals surface area contributed by atoms with Crippen LogP contribution in [-0.2, 0) is 6.42 Å². The summed E-state index contributed by atoms with van der Waals surface area (Å²) in [6, 6.07) is 7.92. The van der Waals surface area contributed by atoms with Gasteiger partial charge in [-0.2, -0.15) is 0 Å². The van der Waals surface area contributed by atoms with Gasteiger partial charge < -0.3 is 15.7 Å². The molecular weight excluding hydrogens is 230 g/mol. The molecule has 98 valence electrons. The van der Waals surface area contributed by atoms with E-state index in [1.807, 2.05) is 18.2 Å². The highest BCUT2D eigenvalue weighted by Gasteiger charge is 2.19. The maximum atomic E-state index is 10.8. The van der Waals surface area contributed by atoms with Gasteiger partial charge in [0.05, 0.1) is 0 Å². The van der Waals surface area contributed by atoms with Crippen LogP contribution in [-0.4, -0.2) is 53.7 Å². The van der Waals surface area contributed by atoms with Gasteiger partial charge in [-0.15, -0.1) is 0 Å². The minimum Gasteiger partial charge on any atom is -0.465 e. The minimum atomic E-state index is -0.814. The van der Waals surface area contributed by atoms with Crippen molar-refractivity contribution in [2.75, 3.05) is 38.5 Å². The number of carboxylic acid groups (broad SMARTS) is 1. The number of nitrogen functional groups attached to an aromatic ring is 1. The van der Waals surface area contributed by atoms with Crippen molar-refractivity contribution in [1.82, 2.24) is 9.80 Å². The van der Waals surface area contributed by atoms with Crippen LogP contribution >= 0.6 is 0 Å². The van der Waals surface area contributed by atoms with E-state index in [-0.39, 0.29) is 0 Å². The van der Waals surface area contributed by atoms with Crippen molar-refractivity contribution in [3.05, 3.63) is 29.8 Å². The molecule has 0 saturated carbocycles. The molecule has 18 heavy (non-hydrogen) atoms. The Balaban J connectivity index is 1.77. The van der Waals surface area contributed by atoms with E-state index in [2.05, 4.69) is 11.0 Å². The zero-order chi connectivity index (χ0) is 13.0. The Morgan fingerprint density at radius 3 is 2.61 bits per heavy atom. The molecule has 1 amide bonds. The minimum absolute atomic E-state index is 0.603. The highest BCUT2D eigenvalue weighted by atomic mass is 16.4. The van der Waals surface area contributed by atoms with Crippen molar-refractivity contribution >= 4 is 11.8 Å². The average molecular weight is 249 g/mol. The molecule has 2 rings (SSSR count). The summed E-state index contributed by atoms with van der Waals surface area (Å²) in [5, 5.41) is 8.86. The van der Waals surface area contributed by atoms with Crippen LogP contribution in [0.3, 0.4) is 0 Å². The third-order valence-corrected chi connectivity index (χ3v) is 3.31. The fourth-order valence-corrected chi connectivity index (χ4v) is 2.20. The summed E-state index contributed by atoms with van der Waals surface area (Å²) >= 11 is 0. The number of hydrogen-bond donors (Lipinski definition) is 2. The van der Waals surface area contributed by atoms with Crippen LogP contribution < -0.4 is 5.73 Å². The van der Waals surface area contributed by atoms with E-state index < -0.39 is 6.09 Å². The molecule has 5 nitrogen and oxygen atoms in total. The van der Waals surface area contributed by atoms with Crippen LogP contribution in [0.25, 0.3) is 0 Å². The second-order valence-electron chi connectivity index (χ2n) is 4.61. The summed E-state index contributed by atoms with van der Waals surface area (Å²) < 4.78 is 0. The second kappa shape index (κ2) is 5.73.